The third-order valence-electron chi connectivity index (χ3n) is 5.24. The van der Waals surface area contributed by atoms with E-state index in [0.29, 0.717) is 23.6 Å². The molecule has 0 saturated heterocycles. The minimum Gasteiger partial charge on any atom is -0.497 e. The molecule has 0 spiro atoms. The number of rotatable bonds is 4. The van der Waals surface area contributed by atoms with Crippen LogP contribution in [0.4, 0.5) is 5.95 Å². The minimum atomic E-state index is 0.420. The molecule has 2 heterocycles. The van der Waals surface area contributed by atoms with Crippen LogP contribution in [0.15, 0.2) is 42.6 Å². The average molecular weight is 348 g/mol. The number of pyridine rings is 1. The molecule has 1 fully saturated rings. The van der Waals surface area contributed by atoms with Crippen molar-refractivity contribution >= 4 is 17.0 Å². The molecule has 26 heavy (non-hydrogen) atoms. The first-order chi connectivity index (χ1) is 12.7. The second-order valence-electron chi connectivity index (χ2n) is 7.01. The van der Waals surface area contributed by atoms with Gasteiger partial charge in [-0.25, -0.2) is 9.97 Å². The van der Waals surface area contributed by atoms with Crippen molar-refractivity contribution in [3.8, 4) is 17.0 Å². The highest BCUT2D eigenvalue weighted by Crippen LogP contribution is 2.30. The average Bonchev–Trinajstić information content (AvgIpc) is 2.69. The van der Waals surface area contributed by atoms with Crippen molar-refractivity contribution in [2.75, 3.05) is 12.4 Å². The summed E-state index contributed by atoms with van der Waals surface area (Å²) >= 11 is 0. The van der Waals surface area contributed by atoms with Crippen molar-refractivity contribution in [1.82, 2.24) is 15.0 Å². The van der Waals surface area contributed by atoms with E-state index in [9.17, 15) is 0 Å². The van der Waals surface area contributed by atoms with Crippen LogP contribution in [0.3, 0.4) is 0 Å². The lowest BCUT2D eigenvalue weighted by molar-refractivity contribution is 0.348. The van der Waals surface area contributed by atoms with Crippen molar-refractivity contribution in [2.24, 2.45) is 5.92 Å². The van der Waals surface area contributed by atoms with Gasteiger partial charge in [0, 0.05) is 23.2 Å². The SMILES string of the molecule is COc1cccc(-c2nc(NC3CCCCC3C)nc3ncccc23)c1. The van der Waals surface area contributed by atoms with E-state index in [2.05, 4.69) is 22.2 Å². The molecular weight excluding hydrogens is 324 g/mol. The van der Waals surface area contributed by atoms with E-state index in [-0.39, 0.29) is 0 Å². The van der Waals surface area contributed by atoms with Gasteiger partial charge in [0.05, 0.1) is 12.8 Å². The van der Waals surface area contributed by atoms with Crippen molar-refractivity contribution < 1.29 is 4.74 Å². The van der Waals surface area contributed by atoms with Crippen LogP contribution in [0.2, 0.25) is 0 Å². The predicted octanol–water partition coefficient (Wildman–Crippen LogP) is 4.69. The van der Waals surface area contributed by atoms with E-state index >= 15 is 0 Å². The highest BCUT2D eigenvalue weighted by molar-refractivity contribution is 5.91. The monoisotopic (exact) mass is 348 g/mol. The normalized spacial score (nSPS) is 20.1. The van der Waals surface area contributed by atoms with Gasteiger partial charge in [-0.1, -0.05) is 31.9 Å². The van der Waals surface area contributed by atoms with Crippen LogP contribution in [-0.4, -0.2) is 28.1 Å². The van der Waals surface area contributed by atoms with Crippen LogP contribution in [0.25, 0.3) is 22.3 Å². The van der Waals surface area contributed by atoms with E-state index in [4.69, 9.17) is 9.72 Å². The zero-order chi connectivity index (χ0) is 17.9. The summed E-state index contributed by atoms with van der Waals surface area (Å²) in [6.45, 7) is 2.30. The van der Waals surface area contributed by atoms with Gasteiger partial charge in [0.15, 0.2) is 5.65 Å². The van der Waals surface area contributed by atoms with E-state index < -0.39 is 0 Å². The number of fused-ring (bicyclic) bond motifs is 1. The molecule has 134 valence electrons. The fourth-order valence-electron chi connectivity index (χ4n) is 3.71. The molecule has 0 aliphatic heterocycles. The summed E-state index contributed by atoms with van der Waals surface area (Å²) < 4.78 is 5.38. The standard InChI is InChI=1S/C21H24N4O/c1-14-7-3-4-11-18(14)23-21-24-19(15-8-5-9-16(13-15)26-2)17-10-6-12-22-20(17)25-21/h5-6,8-10,12-14,18H,3-4,7,11H2,1-2H3,(H,22,23,24,25). The maximum Gasteiger partial charge on any atom is 0.225 e. The first kappa shape index (κ1) is 16.8. The van der Waals surface area contributed by atoms with Crippen LogP contribution >= 0.6 is 0 Å². The highest BCUT2D eigenvalue weighted by atomic mass is 16.5. The van der Waals surface area contributed by atoms with Gasteiger partial charge in [-0.05, 0) is 43.0 Å². The fourth-order valence-corrected chi connectivity index (χ4v) is 3.71. The Kier molecular flexibility index (Phi) is 4.69. The van der Waals surface area contributed by atoms with Crippen molar-refractivity contribution in [3.05, 3.63) is 42.6 Å². The number of anilines is 1. The number of hydrogen-bond donors (Lipinski definition) is 1. The first-order valence-corrected chi connectivity index (χ1v) is 9.28. The summed E-state index contributed by atoms with van der Waals surface area (Å²) in [5.74, 6) is 2.10. The van der Waals surface area contributed by atoms with Gasteiger partial charge in [-0.15, -0.1) is 0 Å². The van der Waals surface area contributed by atoms with Crippen molar-refractivity contribution in [3.63, 3.8) is 0 Å². The summed E-state index contributed by atoms with van der Waals surface area (Å²) in [6, 6.07) is 12.3. The number of methoxy groups -OCH3 is 1. The molecular formula is C21H24N4O. The summed E-state index contributed by atoms with van der Waals surface area (Å²) in [4.78, 5) is 14.0. The molecule has 5 heteroatoms. The predicted molar refractivity (Wildman–Crippen MR) is 104 cm³/mol. The Labute approximate surface area is 153 Å². The zero-order valence-corrected chi connectivity index (χ0v) is 15.3. The first-order valence-electron chi connectivity index (χ1n) is 9.28. The molecule has 0 radical (unpaired) electrons. The molecule has 0 amide bonds. The van der Waals surface area contributed by atoms with Crippen LogP contribution in [0.1, 0.15) is 32.6 Å². The summed E-state index contributed by atoms with van der Waals surface area (Å²) in [5.41, 5.74) is 2.60. The van der Waals surface area contributed by atoms with Gasteiger partial charge >= 0.3 is 0 Å². The maximum absolute atomic E-state index is 5.38. The number of nitrogens with zero attached hydrogens (tertiary/aromatic N) is 3. The second-order valence-corrected chi connectivity index (χ2v) is 7.01. The highest BCUT2D eigenvalue weighted by Gasteiger charge is 2.22. The molecule has 1 aromatic carbocycles. The number of nitrogens with one attached hydrogen (secondary N) is 1. The van der Waals surface area contributed by atoms with E-state index in [1.807, 2.05) is 36.4 Å². The largest absolute Gasteiger partial charge is 0.497 e. The molecule has 0 bridgehead atoms. The molecule has 1 saturated carbocycles. The van der Waals surface area contributed by atoms with Gasteiger partial charge in [0.1, 0.15) is 5.75 Å². The van der Waals surface area contributed by atoms with Gasteiger partial charge < -0.3 is 10.1 Å². The van der Waals surface area contributed by atoms with E-state index in [1.54, 1.807) is 13.3 Å². The molecule has 1 aliphatic carbocycles. The van der Waals surface area contributed by atoms with Gasteiger partial charge in [0.25, 0.3) is 0 Å². The lowest BCUT2D eigenvalue weighted by Gasteiger charge is -2.29. The summed E-state index contributed by atoms with van der Waals surface area (Å²) in [5, 5.41) is 4.52. The maximum atomic E-state index is 5.38. The van der Waals surface area contributed by atoms with E-state index in [0.717, 1.165) is 22.4 Å². The van der Waals surface area contributed by atoms with Gasteiger partial charge in [0.2, 0.25) is 5.95 Å². The lowest BCUT2D eigenvalue weighted by atomic mass is 9.86. The topological polar surface area (TPSA) is 59.9 Å². The number of ether oxygens (including phenoxy) is 1. The van der Waals surface area contributed by atoms with Crippen LogP contribution in [0.5, 0.6) is 5.75 Å². The van der Waals surface area contributed by atoms with Crippen molar-refractivity contribution in [1.29, 1.82) is 0 Å². The third-order valence-corrected chi connectivity index (χ3v) is 5.24. The number of hydrogen-bond acceptors (Lipinski definition) is 5. The Bertz CT molecular complexity index is 911. The van der Waals surface area contributed by atoms with Crippen LogP contribution in [-0.2, 0) is 0 Å². The number of benzene rings is 1. The fraction of sp³-hybridized carbons (Fsp3) is 0.381. The Morgan fingerprint density at radius 1 is 1.08 bits per heavy atom. The van der Waals surface area contributed by atoms with Gasteiger partial charge in [-0.3, -0.25) is 0 Å². The zero-order valence-electron chi connectivity index (χ0n) is 15.3. The Balaban J connectivity index is 1.78. The van der Waals surface area contributed by atoms with Gasteiger partial charge in [-0.2, -0.15) is 4.98 Å². The molecule has 3 aromatic rings. The van der Waals surface area contributed by atoms with Crippen LogP contribution in [0, 0.1) is 5.92 Å². The lowest BCUT2D eigenvalue weighted by Crippen LogP contribution is -2.31. The molecule has 4 rings (SSSR count). The van der Waals surface area contributed by atoms with E-state index in [1.165, 1.54) is 25.7 Å². The molecule has 1 aliphatic rings. The molecule has 2 atom stereocenters. The third kappa shape index (κ3) is 3.34. The second kappa shape index (κ2) is 7.28. The summed E-state index contributed by atoms with van der Waals surface area (Å²) in [7, 11) is 1.68. The minimum absolute atomic E-state index is 0.420. The van der Waals surface area contributed by atoms with Crippen molar-refractivity contribution in [2.45, 2.75) is 38.6 Å². The molecule has 2 aromatic heterocycles. The Hall–Kier alpha value is -2.69. The smallest absolute Gasteiger partial charge is 0.225 e. The van der Waals surface area contributed by atoms with Crippen LogP contribution < -0.4 is 10.1 Å². The number of aromatic nitrogens is 3. The Morgan fingerprint density at radius 3 is 2.81 bits per heavy atom. The summed E-state index contributed by atoms with van der Waals surface area (Å²) in [6.07, 6.45) is 6.77. The quantitative estimate of drug-likeness (QED) is 0.741. The Morgan fingerprint density at radius 2 is 1.96 bits per heavy atom. The molecule has 2 unspecified atom stereocenters. The molecule has 5 nitrogen and oxygen atoms in total. The molecule has 1 N–H and O–H groups in total.